The molecule has 100 valence electrons. The molecule has 0 atom stereocenters. The minimum absolute atomic E-state index is 0.0980. The van der Waals surface area contributed by atoms with E-state index < -0.39 is 0 Å². The Balaban J connectivity index is 2.93. The molecule has 0 fully saturated rings. The maximum absolute atomic E-state index is 11.9. The van der Waals surface area contributed by atoms with Gasteiger partial charge in [0.2, 0.25) is 5.91 Å². The van der Waals surface area contributed by atoms with Gasteiger partial charge in [-0.15, -0.1) is 0 Å². The molecule has 0 radical (unpaired) electrons. The van der Waals surface area contributed by atoms with Crippen LogP contribution in [0.2, 0.25) is 10.0 Å². The van der Waals surface area contributed by atoms with E-state index in [1.807, 2.05) is 20.8 Å². The first-order valence-electron chi connectivity index (χ1n) is 5.56. The maximum atomic E-state index is 11.9. The molecule has 0 saturated carbocycles. The average Bonchev–Trinajstić information content (AvgIpc) is 2.13. The number of hydrogen-bond acceptors (Lipinski definition) is 2. The van der Waals surface area contributed by atoms with Crippen molar-refractivity contribution in [3.63, 3.8) is 0 Å². The van der Waals surface area contributed by atoms with E-state index in [2.05, 4.69) is 5.32 Å². The smallest absolute Gasteiger partial charge is 0.224 e. The predicted octanol–water partition coefficient (Wildman–Crippen LogP) is 3.46. The fourth-order valence-corrected chi connectivity index (χ4v) is 2.22. The minimum atomic E-state index is -0.271. The Labute approximate surface area is 117 Å². The van der Waals surface area contributed by atoms with Crippen LogP contribution < -0.4 is 10.1 Å². The van der Waals surface area contributed by atoms with Crippen molar-refractivity contribution >= 4 is 29.1 Å². The van der Waals surface area contributed by atoms with E-state index >= 15 is 0 Å². The summed E-state index contributed by atoms with van der Waals surface area (Å²) in [5, 5.41) is 3.77. The molecular weight excluding hydrogens is 273 g/mol. The van der Waals surface area contributed by atoms with Crippen LogP contribution >= 0.6 is 23.2 Å². The first-order valence-corrected chi connectivity index (χ1v) is 6.31. The Hall–Kier alpha value is -0.930. The van der Waals surface area contributed by atoms with E-state index in [1.54, 1.807) is 12.1 Å². The monoisotopic (exact) mass is 289 g/mol. The van der Waals surface area contributed by atoms with E-state index in [1.165, 1.54) is 7.11 Å². The van der Waals surface area contributed by atoms with Gasteiger partial charge in [-0.05, 0) is 32.9 Å². The van der Waals surface area contributed by atoms with Crippen LogP contribution in [0, 0.1) is 0 Å². The van der Waals surface area contributed by atoms with Crippen molar-refractivity contribution in [3.8, 4) is 5.75 Å². The summed E-state index contributed by atoms with van der Waals surface area (Å²) in [6.45, 7) is 5.77. The van der Waals surface area contributed by atoms with Gasteiger partial charge in [-0.2, -0.15) is 0 Å². The molecule has 1 N–H and O–H groups in total. The molecule has 0 bridgehead atoms. The highest BCUT2D eigenvalue weighted by molar-refractivity contribution is 6.35. The second-order valence-electron chi connectivity index (χ2n) is 5.05. The molecule has 1 rings (SSSR count). The lowest BCUT2D eigenvalue weighted by atomic mass is 10.1. The van der Waals surface area contributed by atoms with Crippen LogP contribution in [0.5, 0.6) is 5.75 Å². The van der Waals surface area contributed by atoms with Gasteiger partial charge in [-0.25, -0.2) is 0 Å². The number of rotatable bonds is 3. The topological polar surface area (TPSA) is 38.3 Å². The van der Waals surface area contributed by atoms with Gasteiger partial charge in [0, 0.05) is 16.1 Å². The Morgan fingerprint density at radius 2 is 1.94 bits per heavy atom. The van der Waals surface area contributed by atoms with E-state index in [-0.39, 0.29) is 17.9 Å². The summed E-state index contributed by atoms with van der Waals surface area (Å²) in [5.41, 5.74) is 0.406. The van der Waals surface area contributed by atoms with Crippen LogP contribution in [-0.4, -0.2) is 18.6 Å². The molecule has 1 aromatic carbocycles. The SMILES string of the molecule is COc1c(Cl)cc(Cl)cc1CC(=O)NC(C)(C)C. The van der Waals surface area contributed by atoms with Gasteiger partial charge < -0.3 is 10.1 Å². The van der Waals surface area contributed by atoms with Gasteiger partial charge in [0.05, 0.1) is 18.6 Å². The van der Waals surface area contributed by atoms with E-state index in [4.69, 9.17) is 27.9 Å². The number of carbonyl (C=O) groups is 1. The standard InChI is InChI=1S/C13H17Cl2NO2/c1-13(2,3)16-11(17)6-8-5-9(14)7-10(15)12(8)18-4/h5,7H,6H2,1-4H3,(H,16,17). The van der Waals surface area contributed by atoms with Crippen molar-refractivity contribution in [3.05, 3.63) is 27.7 Å². The molecular formula is C13H17Cl2NO2. The molecule has 0 unspecified atom stereocenters. The fourth-order valence-electron chi connectivity index (χ4n) is 1.61. The molecule has 18 heavy (non-hydrogen) atoms. The largest absolute Gasteiger partial charge is 0.495 e. The fraction of sp³-hybridized carbons (Fsp3) is 0.462. The summed E-state index contributed by atoms with van der Waals surface area (Å²) < 4.78 is 5.19. The predicted molar refractivity (Wildman–Crippen MR) is 74.6 cm³/mol. The van der Waals surface area contributed by atoms with Crippen molar-refractivity contribution in [2.75, 3.05) is 7.11 Å². The Morgan fingerprint density at radius 3 is 2.44 bits per heavy atom. The first kappa shape index (κ1) is 15.1. The zero-order chi connectivity index (χ0) is 13.9. The summed E-state index contributed by atoms with van der Waals surface area (Å²) in [5.74, 6) is 0.393. The van der Waals surface area contributed by atoms with Gasteiger partial charge in [-0.1, -0.05) is 23.2 Å². The second kappa shape index (κ2) is 5.81. The quantitative estimate of drug-likeness (QED) is 0.925. The van der Waals surface area contributed by atoms with Gasteiger partial charge >= 0.3 is 0 Å². The van der Waals surface area contributed by atoms with Gasteiger partial charge in [0.15, 0.2) is 0 Å². The number of nitrogens with one attached hydrogen (secondary N) is 1. The van der Waals surface area contributed by atoms with Crippen molar-refractivity contribution in [1.82, 2.24) is 5.32 Å². The number of hydrogen-bond donors (Lipinski definition) is 1. The maximum Gasteiger partial charge on any atom is 0.224 e. The summed E-state index contributed by atoms with van der Waals surface area (Å²) in [4.78, 5) is 11.9. The molecule has 0 aliphatic carbocycles. The van der Waals surface area contributed by atoms with Gasteiger partial charge in [-0.3, -0.25) is 4.79 Å². The summed E-state index contributed by atoms with van der Waals surface area (Å²) in [7, 11) is 1.51. The highest BCUT2D eigenvalue weighted by atomic mass is 35.5. The van der Waals surface area contributed by atoms with Crippen LogP contribution in [0.15, 0.2) is 12.1 Å². The molecule has 1 amide bonds. The lowest BCUT2D eigenvalue weighted by Crippen LogP contribution is -2.41. The molecule has 0 heterocycles. The summed E-state index contributed by atoms with van der Waals surface area (Å²) in [6, 6.07) is 3.28. The minimum Gasteiger partial charge on any atom is -0.495 e. The highest BCUT2D eigenvalue weighted by Gasteiger charge is 2.17. The molecule has 0 saturated heterocycles. The Morgan fingerprint density at radius 1 is 1.33 bits per heavy atom. The number of amides is 1. The molecule has 0 aromatic heterocycles. The van der Waals surface area contributed by atoms with Gasteiger partial charge in [0.1, 0.15) is 5.75 Å². The van der Waals surface area contributed by atoms with E-state index in [0.717, 1.165) is 0 Å². The van der Waals surface area contributed by atoms with Crippen LogP contribution in [0.1, 0.15) is 26.3 Å². The van der Waals surface area contributed by atoms with Crippen molar-refractivity contribution in [2.45, 2.75) is 32.7 Å². The van der Waals surface area contributed by atoms with Crippen molar-refractivity contribution < 1.29 is 9.53 Å². The summed E-state index contributed by atoms with van der Waals surface area (Å²) >= 11 is 11.9. The second-order valence-corrected chi connectivity index (χ2v) is 5.90. The number of benzene rings is 1. The molecule has 1 aromatic rings. The van der Waals surface area contributed by atoms with Gasteiger partial charge in [0.25, 0.3) is 0 Å². The third-order valence-corrected chi connectivity index (χ3v) is 2.65. The Bertz CT molecular complexity index is 453. The average molecular weight is 290 g/mol. The zero-order valence-corrected chi connectivity index (χ0v) is 12.4. The zero-order valence-electron chi connectivity index (χ0n) is 10.9. The third kappa shape index (κ3) is 4.39. The lowest BCUT2D eigenvalue weighted by molar-refractivity contribution is -0.121. The number of carbonyl (C=O) groups excluding carboxylic acids is 1. The highest BCUT2D eigenvalue weighted by Crippen LogP contribution is 2.32. The number of methoxy groups -OCH3 is 1. The summed E-state index contributed by atoms with van der Waals surface area (Å²) in [6.07, 6.45) is 0.181. The van der Waals surface area contributed by atoms with Crippen LogP contribution in [0.25, 0.3) is 0 Å². The Kier molecular flexibility index (Phi) is 4.88. The molecule has 5 heteroatoms. The molecule has 0 aliphatic rings. The third-order valence-electron chi connectivity index (χ3n) is 2.15. The van der Waals surface area contributed by atoms with Crippen LogP contribution in [0.3, 0.4) is 0 Å². The van der Waals surface area contributed by atoms with E-state index in [0.29, 0.717) is 21.4 Å². The first-order chi connectivity index (χ1) is 8.23. The van der Waals surface area contributed by atoms with Crippen LogP contribution in [-0.2, 0) is 11.2 Å². The number of ether oxygens (including phenoxy) is 1. The number of halogens is 2. The molecule has 0 spiro atoms. The lowest BCUT2D eigenvalue weighted by Gasteiger charge is -2.21. The normalized spacial score (nSPS) is 11.2. The van der Waals surface area contributed by atoms with Crippen LogP contribution in [0.4, 0.5) is 0 Å². The molecule has 0 aliphatic heterocycles. The van der Waals surface area contributed by atoms with Crippen molar-refractivity contribution in [2.24, 2.45) is 0 Å². The van der Waals surface area contributed by atoms with Crippen molar-refractivity contribution in [1.29, 1.82) is 0 Å². The molecule has 3 nitrogen and oxygen atoms in total. The van der Waals surface area contributed by atoms with E-state index in [9.17, 15) is 4.79 Å².